The standard InChI is InChI=1S/C25H22ClF3N2O3/c26-17-9-8-16(25(27,28)29)12-18(17)30-22(32)19(10-13-4-2-1-3-5-13)31-23(33)20-14-6-7-15(11-14)21(20)24(31)34/h1-5,8-9,12,14-15,19-21H,6-7,10-11H2,(H,30,32)/t14-,15-,19-,20-,21-/m0/s1. The number of halogens is 4. The zero-order chi connectivity index (χ0) is 24.2. The van der Waals surface area contributed by atoms with Crippen LogP contribution in [0.25, 0.3) is 0 Å². The minimum atomic E-state index is -4.62. The third kappa shape index (κ3) is 3.87. The summed E-state index contributed by atoms with van der Waals surface area (Å²) in [5.74, 6) is -1.98. The molecular weight excluding hydrogens is 469 g/mol. The molecule has 1 N–H and O–H groups in total. The first-order valence-corrected chi connectivity index (χ1v) is 11.6. The number of fused-ring (bicyclic) bond motifs is 5. The van der Waals surface area contributed by atoms with E-state index in [0.717, 1.165) is 47.9 Å². The molecule has 1 heterocycles. The molecule has 0 spiro atoms. The molecule has 2 aromatic rings. The molecule has 1 saturated heterocycles. The molecule has 0 radical (unpaired) electrons. The molecule has 3 fully saturated rings. The molecular formula is C25H22ClF3N2O3. The van der Waals surface area contributed by atoms with Gasteiger partial charge in [-0.25, -0.2) is 0 Å². The van der Waals surface area contributed by atoms with Gasteiger partial charge in [-0.1, -0.05) is 41.9 Å². The molecule has 2 saturated carbocycles. The van der Waals surface area contributed by atoms with E-state index in [1.54, 1.807) is 30.3 Å². The Kier molecular flexibility index (Phi) is 5.67. The minimum absolute atomic E-state index is 0.0511. The highest BCUT2D eigenvalue weighted by Gasteiger charge is 2.62. The van der Waals surface area contributed by atoms with E-state index in [4.69, 9.17) is 11.6 Å². The summed E-state index contributed by atoms with van der Waals surface area (Å²) >= 11 is 6.07. The number of nitrogens with zero attached hydrogens (tertiary/aromatic N) is 1. The molecule has 3 aliphatic rings. The maximum Gasteiger partial charge on any atom is 0.416 e. The van der Waals surface area contributed by atoms with Crippen molar-refractivity contribution in [2.45, 2.75) is 37.9 Å². The van der Waals surface area contributed by atoms with Crippen LogP contribution in [-0.4, -0.2) is 28.7 Å². The fourth-order valence-corrected chi connectivity index (χ4v) is 6.06. The highest BCUT2D eigenvalue weighted by molar-refractivity contribution is 6.33. The monoisotopic (exact) mass is 490 g/mol. The second-order valence-electron chi connectivity index (χ2n) is 9.32. The van der Waals surface area contributed by atoms with E-state index < -0.39 is 35.5 Å². The SMILES string of the molecule is O=C(Nc1cc(C(F)(F)F)ccc1Cl)[C@H](Cc1ccccc1)N1C(=O)[C@H]2[C@H]3CC[C@@H](C3)[C@@H]2C1=O. The second kappa shape index (κ2) is 8.41. The van der Waals surface area contributed by atoms with E-state index in [1.165, 1.54) is 0 Å². The molecule has 34 heavy (non-hydrogen) atoms. The molecule has 2 aliphatic carbocycles. The summed E-state index contributed by atoms with van der Waals surface area (Å²) in [5, 5.41) is 2.37. The van der Waals surface area contributed by atoms with Crippen molar-refractivity contribution in [1.82, 2.24) is 4.90 Å². The lowest BCUT2D eigenvalue weighted by Crippen LogP contribution is -2.49. The molecule has 5 nitrogen and oxygen atoms in total. The van der Waals surface area contributed by atoms with Crippen molar-refractivity contribution in [3.8, 4) is 0 Å². The molecule has 2 bridgehead atoms. The number of nitrogens with one attached hydrogen (secondary N) is 1. The van der Waals surface area contributed by atoms with Crippen molar-refractivity contribution in [1.29, 1.82) is 0 Å². The largest absolute Gasteiger partial charge is 0.416 e. The Morgan fingerprint density at radius 1 is 1.03 bits per heavy atom. The number of rotatable bonds is 5. The summed E-state index contributed by atoms with van der Waals surface area (Å²) in [7, 11) is 0. The number of hydrogen-bond acceptors (Lipinski definition) is 3. The average molecular weight is 491 g/mol. The van der Waals surface area contributed by atoms with Crippen molar-refractivity contribution in [2.75, 3.05) is 5.32 Å². The molecule has 0 aromatic heterocycles. The molecule has 5 atom stereocenters. The van der Waals surface area contributed by atoms with E-state index in [1.807, 2.05) is 0 Å². The lowest BCUT2D eigenvalue weighted by atomic mass is 9.81. The van der Waals surface area contributed by atoms with Crippen molar-refractivity contribution >= 4 is 35.0 Å². The van der Waals surface area contributed by atoms with Crippen LogP contribution < -0.4 is 5.32 Å². The van der Waals surface area contributed by atoms with Gasteiger partial charge in [0.15, 0.2) is 0 Å². The molecule has 5 rings (SSSR count). The second-order valence-corrected chi connectivity index (χ2v) is 9.73. The maximum absolute atomic E-state index is 13.4. The topological polar surface area (TPSA) is 66.5 Å². The summed E-state index contributed by atoms with van der Waals surface area (Å²) in [5.41, 5.74) is -0.469. The number of amides is 3. The Hall–Kier alpha value is -2.87. The predicted octanol–water partition coefficient (Wildman–Crippen LogP) is 4.94. The van der Waals surface area contributed by atoms with E-state index in [9.17, 15) is 27.6 Å². The Balaban J connectivity index is 1.47. The van der Waals surface area contributed by atoms with Crippen molar-refractivity contribution in [3.63, 3.8) is 0 Å². The quantitative estimate of drug-likeness (QED) is 0.604. The smallest absolute Gasteiger partial charge is 0.323 e. The van der Waals surface area contributed by atoms with Crippen LogP contribution in [0.2, 0.25) is 5.02 Å². The van der Waals surface area contributed by atoms with Gasteiger partial charge < -0.3 is 5.32 Å². The van der Waals surface area contributed by atoms with Gasteiger partial charge in [0.25, 0.3) is 0 Å². The summed E-state index contributed by atoms with van der Waals surface area (Å²) < 4.78 is 39.6. The van der Waals surface area contributed by atoms with Gasteiger partial charge in [-0.3, -0.25) is 19.3 Å². The number of carbonyl (C=O) groups excluding carboxylic acids is 3. The van der Waals surface area contributed by atoms with Gasteiger partial charge in [-0.2, -0.15) is 13.2 Å². The number of benzene rings is 2. The van der Waals surface area contributed by atoms with Crippen LogP contribution in [0.3, 0.4) is 0 Å². The highest BCUT2D eigenvalue weighted by atomic mass is 35.5. The van der Waals surface area contributed by atoms with Gasteiger partial charge in [-0.05, 0) is 54.9 Å². The average Bonchev–Trinajstić information content (AvgIpc) is 3.47. The van der Waals surface area contributed by atoms with Gasteiger partial charge in [0, 0.05) is 6.42 Å². The Bertz CT molecular complexity index is 1130. The van der Waals surface area contributed by atoms with Crippen LogP contribution in [0.1, 0.15) is 30.4 Å². The predicted molar refractivity (Wildman–Crippen MR) is 119 cm³/mol. The molecule has 9 heteroatoms. The summed E-state index contributed by atoms with van der Waals surface area (Å²) in [6.45, 7) is 0. The van der Waals surface area contributed by atoms with E-state index in [-0.39, 0.29) is 40.8 Å². The zero-order valence-electron chi connectivity index (χ0n) is 18.0. The number of likely N-dealkylation sites (tertiary alicyclic amines) is 1. The number of imide groups is 1. The summed E-state index contributed by atoms with van der Waals surface area (Å²) in [6, 6.07) is 10.3. The van der Waals surface area contributed by atoms with Crippen LogP contribution in [-0.2, 0) is 27.0 Å². The summed E-state index contributed by atoms with van der Waals surface area (Å²) in [6.07, 6.45) is -1.92. The normalized spacial score (nSPS) is 26.6. The van der Waals surface area contributed by atoms with Crippen LogP contribution in [0.15, 0.2) is 48.5 Å². The number of carbonyl (C=O) groups is 3. The van der Waals surface area contributed by atoms with Gasteiger partial charge in [-0.15, -0.1) is 0 Å². The first-order chi connectivity index (χ1) is 16.1. The zero-order valence-corrected chi connectivity index (χ0v) is 18.8. The van der Waals surface area contributed by atoms with Crippen LogP contribution >= 0.6 is 11.6 Å². The van der Waals surface area contributed by atoms with Gasteiger partial charge in [0.2, 0.25) is 17.7 Å². The first-order valence-electron chi connectivity index (χ1n) is 11.2. The van der Waals surface area contributed by atoms with Gasteiger partial charge >= 0.3 is 6.18 Å². The van der Waals surface area contributed by atoms with Gasteiger partial charge in [0.1, 0.15) is 6.04 Å². The number of anilines is 1. The lowest BCUT2D eigenvalue weighted by Gasteiger charge is -2.27. The van der Waals surface area contributed by atoms with E-state index in [0.29, 0.717) is 0 Å². The van der Waals surface area contributed by atoms with Crippen molar-refractivity contribution < 1.29 is 27.6 Å². The molecule has 178 valence electrons. The van der Waals surface area contributed by atoms with Crippen LogP contribution in [0.4, 0.5) is 18.9 Å². The lowest BCUT2D eigenvalue weighted by molar-refractivity contribution is -0.147. The molecule has 2 aromatic carbocycles. The third-order valence-electron chi connectivity index (χ3n) is 7.40. The molecule has 3 amide bonds. The number of hydrogen-bond donors (Lipinski definition) is 1. The van der Waals surface area contributed by atoms with Crippen molar-refractivity contribution in [2.24, 2.45) is 23.7 Å². The fraction of sp³-hybridized carbons (Fsp3) is 0.400. The Morgan fingerprint density at radius 3 is 2.24 bits per heavy atom. The molecule has 0 unspecified atom stereocenters. The van der Waals surface area contributed by atoms with Gasteiger partial charge in [0.05, 0.1) is 28.1 Å². The third-order valence-corrected chi connectivity index (χ3v) is 7.73. The minimum Gasteiger partial charge on any atom is -0.323 e. The molecule has 1 aliphatic heterocycles. The Morgan fingerprint density at radius 2 is 1.65 bits per heavy atom. The number of alkyl halides is 3. The van der Waals surface area contributed by atoms with E-state index in [2.05, 4.69) is 5.32 Å². The summed E-state index contributed by atoms with van der Waals surface area (Å²) in [4.78, 5) is 41.2. The van der Waals surface area contributed by atoms with Crippen LogP contribution in [0, 0.1) is 23.7 Å². The Labute approximate surface area is 199 Å². The van der Waals surface area contributed by atoms with Crippen LogP contribution in [0.5, 0.6) is 0 Å². The van der Waals surface area contributed by atoms with Crippen molar-refractivity contribution in [3.05, 3.63) is 64.7 Å². The fourth-order valence-electron chi connectivity index (χ4n) is 5.89. The maximum atomic E-state index is 13.4. The highest BCUT2D eigenvalue weighted by Crippen LogP contribution is 2.56. The first kappa shape index (κ1) is 22.9. The van der Waals surface area contributed by atoms with E-state index >= 15 is 0 Å².